The summed E-state index contributed by atoms with van der Waals surface area (Å²) < 4.78 is 93.2. The van der Waals surface area contributed by atoms with Gasteiger partial charge in [-0.25, -0.2) is 21.2 Å². The normalized spacial score (nSPS) is 13.6. The Morgan fingerprint density at radius 3 is 1.94 bits per heavy atom. The molecule has 1 aromatic rings. The van der Waals surface area contributed by atoms with Crippen molar-refractivity contribution in [1.29, 1.82) is 0 Å². The molecular formula is C7H3ClF4O4S2. The van der Waals surface area contributed by atoms with E-state index in [1.807, 2.05) is 0 Å². The lowest BCUT2D eigenvalue weighted by atomic mass is 10.3. The van der Waals surface area contributed by atoms with Crippen molar-refractivity contribution in [3.05, 3.63) is 24.0 Å². The molecule has 18 heavy (non-hydrogen) atoms. The van der Waals surface area contributed by atoms with E-state index in [-0.39, 0.29) is 12.1 Å². The second-order valence-electron chi connectivity index (χ2n) is 2.98. The van der Waals surface area contributed by atoms with Crippen LogP contribution in [0.2, 0.25) is 0 Å². The van der Waals surface area contributed by atoms with Gasteiger partial charge in [0.15, 0.2) is 0 Å². The second kappa shape index (κ2) is 4.35. The van der Waals surface area contributed by atoms with Crippen LogP contribution in [0.3, 0.4) is 0 Å². The largest absolute Gasteiger partial charge is 0.502 e. The molecule has 0 aliphatic carbocycles. The molecule has 0 radical (unpaired) electrons. The van der Waals surface area contributed by atoms with E-state index < -0.39 is 40.0 Å². The summed E-state index contributed by atoms with van der Waals surface area (Å²) in [6.07, 6.45) is 0. The molecule has 0 bridgehead atoms. The van der Waals surface area contributed by atoms with Crippen LogP contribution in [-0.2, 0) is 18.9 Å². The molecule has 1 aromatic carbocycles. The summed E-state index contributed by atoms with van der Waals surface area (Å²) in [6, 6.07) is 0.835. The molecule has 0 atom stereocenters. The highest BCUT2D eigenvalue weighted by Crippen LogP contribution is 2.33. The molecule has 0 fully saturated rings. The van der Waals surface area contributed by atoms with Gasteiger partial charge in [0.2, 0.25) is 0 Å². The molecule has 0 aliphatic rings. The van der Waals surface area contributed by atoms with Crippen LogP contribution < -0.4 is 0 Å². The Kier molecular flexibility index (Phi) is 3.67. The summed E-state index contributed by atoms with van der Waals surface area (Å²) in [5.74, 6) is -1.73. The van der Waals surface area contributed by atoms with Crippen molar-refractivity contribution in [2.75, 3.05) is 0 Å². The number of sulfone groups is 1. The summed E-state index contributed by atoms with van der Waals surface area (Å²) in [5.41, 5.74) is -5.75. The fourth-order valence-electron chi connectivity index (χ4n) is 0.966. The zero-order chi connectivity index (χ0) is 14.4. The van der Waals surface area contributed by atoms with Crippen molar-refractivity contribution in [2.24, 2.45) is 0 Å². The topological polar surface area (TPSA) is 68.3 Å². The third-order valence-corrected chi connectivity index (χ3v) is 4.63. The van der Waals surface area contributed by atoms with Crippen LogP contribution in [0, 0.1) is 5.82 Å². The van der Waals surface area contributed by atoms with Crippen LogP contribution in [-0.4, -0.2) is 22.3 Å². The molecule has 0 N–H and O–H groups in total. The van der Waals surface area contributed by atoms with Gasteiger partial charge in [-0.05, 0) is 18.2 Å². The molecule has 102 valence electrons. The van der Waals surface area contributed by atoms with Crippen LogP contribution in [0.25, 0.3) is 0 Å². The summed E-state index contributed by atoms with van der Waals surface area (Å²) in [5, 5.41) is 0. The van der Waals surface area contributed by atoms with Crippen LogP contribution in [0.4, 0.5) is 17.6 Å². The molecule has 0 unspecified atom stereocenters. The Balaban J connectivity index is 3.63. The SMILES string of the molecule is O=S(=O)(Cl)c1ccc(F)c(S(=O)(=O)C(F)(F)F)c1. The highest BCUT2D eigenvalue weighted by atomic mass is 35.7. The van der Waals surface area contributed by atoms with Crippen molar-refractivity contribution in [3.8, 4) is 0 Å². The second-order valence-corrected chi connectivity index (χ2v) is 7.45. The average Bonchev–Trinajstić information content (AvgIpc) is 2.14. The first-order chi connectivity index (χ1) is 7.87. The van der Waals surface area contributed by atoms with E-state index >= 15 is 0 Å². The van der Waals surface area contributed by atoms with Crippen molar-refractivity contribution in [3.63, 3.8) is 0 Å². The molecule has 0 heterocycles. The van der Waals surface area contributed by atoms with Gasteiger partial charge in [-0.3, -0.25) is 0 Å². The minimum atomic E-state index is -5.99. The van der Waals surface area contributed by atoms with E-state index in [0.717, 1.165) is 0 Å². The minimum Gasteiger partial charge on any atom is -0.214 e. The van der Waals surface area contributed by atoms with Gasteiger partial charge in [-0.1, -0.05) is 0 Å². The van der Waals surface area contributed by atoms with Crippen molar-refractivity contribution in [2.45, 2.75) is 15.3 Å². The van der Waals surface area contributed by atoms with Gasteiger partial charge in [-0.15, -0.1) is 0 Å². The summed E-state index contributed by atoms with van der Waals surface area (Å²) >= 11 is 0. The van der Waals surface area contributed by atoms with E-state index in [1.165, 1.54) is 0 Å². The number of hydrogen-bond donors (Lipinski definition) is 0. The standard InChI is InChI=1S/C7H3ClF4O4S2/c8-18(15,16)4-1-2-5(9)6(3-4)17(13,14)7(10,11)12/h1-3H. The molecule has 0 amide bonds. The maximum absolute atomic E-state index is 13.1. The zero-order valence-electron chi connectivity index (χ0n) is 8.07. The first-order valence-electron chi connectivity index (χ1n) is 3.93. The van der Waals surface area contributed by atoms with Gasteiger partial charge in [0.25, 0.3) is 18.9 Å². The predicted molar refractivity (Wildman–Crippen MR) is 52.7 cm³/mol. The summed E-state index contributed by atoms with van der Waals surface area (Å²) in [6.45, 7) is 0. The van der Waals surface area contributed by atoms with Gasteiger partial charge >= 0.3 is 5.51 Å². The molecule has 0 saturated heterocycles. The smallest absolute Gasteiger partial charge is 0.214 e. The van der Waals surface area contributed by atoms with Crippen LogP contribution in [0.5, 0.6) is 0 Å². The molecule has 0 spiro atoms. The molecule has 0 aromatic heterocycles. The maximum atomic E-state index is 13.1. The Morgan fingerprint density at radius 2 is 1.56 bits per heavy atom. The Hall–Kier alpha value is -0.870. The molecule has 11 heteroatoms. The van der Waals surface area contributed by atoms with E-state index in [4.69, 9.17) is 10.7 Å². The Bertz CT molecular complexity index is 678. The predicted octanol–water partition coefficient (Wildman–Crippen LogP) is 2.05. The highest BCUT2D eigenvalue weighted by Gasteiger charge is 2.48. The minimum absolute atomic E-state index is 0.0144. The molecule has 1 rings (SSSR count). The number of benzene rings is 1. The third-order valence-electron chi connectivity index (χ3n) is 1.78. The van der Waals surface area contributed by atoms with E-state index in [9.17, 15) is 34.4 Å². The van der Waals surface area contributed by atoms with Crippen molar-refractivity contribution < 1.29 is 34.4 Å². The molecular weight excluding hydrogens is 324 g/mol. The fourth-order valence-corrected chi connectivity index (χ4v) is 2.67. The van der Waals surface area contributed by atoms with Gasteiger partial charge in [-0.2, -0.15) is 13.2 Å². The third kappa shape index (κ3) is 2.75. The first kappa shape index (κ1) is 15.2. The molecule has 0 aliphatic heterocycles. The monoisotopic (exact) mass is 326 g/mol. The van der Waals surface area contributed by atoms with E-state index in [2.05, 4.69) is 0 Å². The Morgan fingerprint density at radius 1 is 1.06 bits per heavy atom. The van der Waals surface area contributed by atoms with Crippen molar-refractivity contribution in [1.82, 2.24) is 0 Å². The number of alkyl halides is 3. The summed E-state index contributed by atoms with van der Waals surface area (Å²) in [4.78, 5) is -2.75. The average molecular weight is 327 g/mol. The first-order valence-corrected chi connectivity index (χ1v) is 7.72. The number of hydrogen-bond acceptors (Lipinski definition) is 4. The van der Waals surface area contributed by atoms with Gasteiger partial charge in [0, 0.05) is 10.7 Å². The van der Waals surface area contributed by atoms with Crippen LogP contribution in [0.15, 0.2) is 28.0 Å². The van der Waals surface area contributed by atoms with Crippen LogP contribution in [0.1, 0.15) is 0 Å². The van der Waals surface area contributed by atoms with E-state index in [1.54, 1.807) is 0 Å². The maximum Gasteiger partial charge on any atom is 0.502 e. The lowest BCUT2D eigenvalue weighted by Crippen LogP contribution is -2.24. The van der Waals surface area contributed by atoms with Gasteiger partial charge < -0.3 is 0 Å². The van der Waals surface area contributed by atoms with Crippen molar-refractivity contribution >= 4 is 29.6 Å². The van der Waals surface area contributed by atoms with Gasteiger partial charge in [0.1, 0.15) is 10.7 Å². The zero-order valence-corrected chi connectivity index (χ0v) is 10.5. The lowest BCUT2D eigenvalue weighted by Gasteiger charge is -2.09. The Labute approximate surface area is 104 Å². The van der Waals surface area contributed by atoms with Gasteiger partial charge in [0.05, 0.1) is 4.90 Å². The quantitative estimate of drug-likeness (QED) is 0.616. The number of halogens is 5. The highest BCUT2D eigenvalue weighted by molar-refractivity contribution is 8.13. The summed E-state index contributed by atoms with van der Waals surface area (Å²) in [7, 11) is -5.64. The van der Waals surface area contributed by atoms with E-state index in [0.29, 0.717) is 6.07 Å². The van der Waals surface area contributed by atoms with Crippen LogP contribution >= 0.6 is 10.7 Å². The lowest BCUT2D eigenvalue weighted by molar-refractivity contribution is -0.0437. The molecule has 0 saturated carbocycles. The number of rotatable bonds is 2. The molecule has 4 nitrogen and oxygen atoms in total. The fraction of sp³-hybridized carbons (Fsp3) is 0.143.